The van der Waals surface area contributed by atoms with Crippen LogP contribution in [0.2, 0.25) is 0 Å². The van der Waals surface area contributed by atoms with Gasteiger partial charge in [0.1, 0.15) is 0 Å². The molecule has 96 valence electrons. The molecule has 2 heterocycles. The van der Waals surface area contributed by atoms with Gasteiger partial charge >= 0.3 is 6.01 Å². The zero-order valence-electron chi connectivity index (χ0n) is 10.1. The van der Waals surface area contributed by atoms with Crippen molar-refractivity contribution in [2.45, 2.75) is 13.0 Å². The number of nitrogens with two attached hydrogens (primary N) is 1. The van der Waals surface area contributed by atoms with E-state index in [4.69, 9.17) is 10.5 Å². The molecule has 2 aromatic rings. The zero-order valence-corrected chi connectivity index (χ0v) is 10.1. The van der Waals surface area contributed by atoms with Crippen LogP contribution in [0.5, 0.6) is 6.01 Å². The first-order chi connectivity index (χ1) is 8.78. The quantitative estimate of drug-likeness (QED) is 0.703. The molecule has 0 saturated heterocycles. The van der Waals surface area contributed by atoms with E-state index in [1.165, 1.54) is 7.11 Å². The highest BCUT2D eigenvalue weighted by Crippen LogP contribution is 2.07. The van der Waals surface area contributed by atoms with Crippen LogP contribution in [-0.2, 0) is 6.54 Å². The van der Waals surface area contributed by atoms with Crippen LogP contribution in [-0.4, -0.2) is 38.2 Å². The van der Waals surface area contributed by atoms with Crippen LogP contribution in [0.15, 0.2) is 18.7 Å². The van der Waals surface area contributed by atoms with Crippen molar-refractivity contribution in [1.29, 1.82) is 0 Å². The zero-order chi connectivity index (χ0) is 12.8. The summed E-state index contributed by atoms with van der Waals surface area (Å²) >= 11 is 0. The van der Waals surface area contributed by atoms with E-state index in [9.17, 15) is 0 Å². The van der Waals surface area contributed by atoms with E-state index in [0.29, 0.717) is 5.95 Å². The maximum Gasteiger partial charge on any atom is 0.322 e. The number of ether oxygens (including phenoxy) is 1. The lowest BCUT2D eigenvalue weighted by Crippen LogP contribution is -2.11. The second kappa shape index (κ2) is 5.80. The first-order valence-corrected chi connectivity index (χ1v) is 5.53. The summed E-state index contributed by atoms with van der Waals surface area (Å²) in [6.45, 7) is 1.61. The van der Waals surface area contributed by atoms with Crippen molar-refractivity contribution in [1.82, 2.24) is 24.5 Å². The molecule has 0 bridgehead atoms. The number of hydrogen-bond donors (Lipinski definition) is 2. The second-order valence-corrected chi connectivity index (χ2v) is 3.58. The van der Waals surface area contributed by atoms with Crippen LogP contribution in [0.3, 0.4) is 0 Å². The summed E-state index contributed by atoms with van der Waals surface area (Å²) in [6, 6.07) is 0.208. The molecule has 18 heavy (non-hydrogen) atoms. The van der Waals surface area contributed by atoms with E-state index in [1.807, 2.05) is 10.8 Å². The molecule has 8 nitrogen and oxygen atoms in total. The number of nitrogen functional groups attached to an aromatic ring is 1. The van der Waals surface area contributed by atoms with Gasteiger partial charge in [0.05, 0.1) is 13.4 Å². The molecule has 0 aliphatic carbocycles. The third-order valence-electron chi connectivity index (χ3n) is 2.25. The number of nitrogens with zero attached hydrogens (tertiary/aromatic N) is 5. The molecular weight excluding hydrogens is 234 g/mol. The number of anilines is 2. The van der Waals surface area contributed by atoms with Crippen molar-refractivity contribution in [3.8, 4) is 6.01 Å². The van der Waals surface area contributed by atoms with Crippen LogP contribution < -0.4 is 15.8 Å². The summed E-state index contributed by atoms with van der Waals surface area (Å²) in [5.74, 6) is 0.559. The van der Waals surface area contributed by atoms with Crippen LogP contribution in [0, 0.1) is 0 Å². The smallest absolute Gasteiger partial charge is 0.322 e. The van der Waals surface area contributed by atoms with Crippen molar-refractivity contribution in [2.24, 2.45) is 0 Å². The highest BCUT2D eigenvalue weighted by Gasteiger charge is 2.03. The highest BCUT2D eigenvalue weighted by atomic mass is 16.5. The molecular formula is C10H15N7O. The molecule has 0 aromatic carbocycles. The van der Waals surface area contributed by atoms with E-state index < -0.39 is 0 Å². The van der Waals surface area contributed by atoms with Gasteiger partial charge in [0.25, 0.3) is 0 Å². The number of methoxy groups -OCH3 is 1. The lowest BCUT2D eigenvalue weighted by Gasteiger charge is -2.06. The van der Waals surface area contributed by atoms with Gasteiger partial charge in [-0.05, 0) is 6.42 Å². The minimum absolute atomic E-state index is 0.138. The van der Waals surface area contributed by atoms with Gasteiger partial charge in [-0.15, -0.1) is 0 Å². The fourth-order valence-electron chi connectivity index (χ4n) is 1.42. The number of aromatic nitrogens is 5. The molecule has 0 spiro atoms. The Labute approximate surface area is 104 Å². The lowest BCUT2D eigenvalue weighted by molar-refractivity contribution is 0.379. The van der Waals surface area contributed by atoms with Crippen LogP contribution >= 0.6 is 0 Å². The standard InChI is InChI=1S/C10H15N7O/c1-18-10-15-8(11)14-9(16-10)13-3-2-5-17-6-4-12-7-17/h4,6-7H,2-3,5H2,1H3,(H3,11,13,14,15,16). The monoisotopic (exact) mass is 249 g/mol. The van der Waals surface area contributed by atoms with E-state index in [1.54, 1.807) is 12.5 Å². The Bertz CT molecular complexity index is 485. The van der Waals surface area contributed by atoms with E-state index >= 15 is 0 Å². The normalized spacial score (nSPS) is 10.3. The Morgan fingerprint density at radius 3 is 3.00 bits per heavy atom. The summed E-state index contributed by atoms with van der Waals surface area (Å²) in [6.07, 6.45) is 6.38. The fraction of sp³-hybridized carbons (Fsp3) is 0.400. The summed E-state index contributed by atoms with van der Waals surface area (Å²) in [4.78, 5) is 15.8. The molecule has 2 aromatic heterocycles. The minimum atomic E-state index is 0.138. The molecule has 0 unspecified atom stereocenters. The number of rotatable bonds is 6. The molecule has 0 fully saturated rings. The predicted octanol–water partition coefficient (Wildman–Crippen LogP) is 0.161. The van der Waals surface area contributed by atoms with Crippen molar-refractivity contribution in [3.63, 3.8) is 0 Å². The molecule has 0 amide bonds. The molecule has 0 aliphatic heterocycles. The minimum Gasteiger partial charge on any atom is -0.467 e. The highest BCUT2D eigenvalue weighted by molar-refractivity contribution is 5.32. The maximum absolute atomic E-state index is 5.52. The van der Waals surface area contributed by atoms with Crippen molar-refractivity contribution in [3.05, 3.63) is 18.7 Å². The SMILES string of the molecule is COc1nc(N)nc(NCCCn2ccnc2)n1. The van der Waals surface area contributed by atoms with E-state index in [-0.39, 0.29) is 12.0 Å². The average Bonchev–Trinajstić information content (AvgIpc) is 2.87. The van der Waals surface area contributed by atoms with Crippen LogP contribution in [0.4, 0.5) is 11.9 Å². The number of hydrogen-bond acceptors (Lipinski definition) is 7. The first kappa shape index (κ1) is 12.1. The Morgan fingerprint density at radius 1 is 1.39 bits per heavy atom. The average molecular weight is 249 g/mol. The van der Waals surface area contributed by atoms with Crippen LogP contribution in [0.1, 0.15) is 6.42 Å². The van der Waals surface area contributed by atoms with Gasteiger partial charge in [-0.25, -0.2) is 4.98 Å². The molecule has 2 rings (SSSR count). The summed E-state index contributed by atoms with van der Waals surface area (Å²) in [5, 5.41) is 3.07. The van der Waals surface area contributed by atoms with Crippen molar-refractivity contribution < 1.29 is 4.74 Å². The Kier molecular flexibility index (Phi) is 3.90. The van der Waals surface area contributed by atoms with Gasteiger partial charge < -0.3 is 20.4 Å². The van der Waals surface area contributed by atoms with Gasteiger partial charge in [-0.3, -0.25) is 0 Å². The number of imidazole rings is 1. The van der Waals surface area contributed by atoms with Gasteiger partial charge in [-0.1, -0.05) is 0 Å². The van der Waals surface area contributed by atoms with E-state index in [2.05, 4.69) is 25.3 Å². The Hall–Kier alpha value is -2.38. The van der Waals surface area contributed by atoms with Gasteiger partial charge in [-0.2, -0.15) is 15.0 Å². The van der Waals surface area contributed by atoms with Crippen LogP contribution in [0.25, 0.3) is 0 Å². The van der Waals surface area contributed by atoms with Crippen molar-refractivity contribution in [2.75, 3.05) is 24.7 Å². The summed E-state index contributed by atoms with van der Waals surface area (Å²) in [5.41, 5.74) is 5.52. The third kappa shape index (κ3) is 3.30. The predicted molar refractivity (Wildman–Crippen MR) is 66.1 cm³/mol. The van der Waals surface area contributed by atoms with Gasteiger partial charge in [0, 0.05) is 25.5 Å². The Balaban J connectivity index is 1.81. The summed E-state index contributed by atoms with van der Waals surface area (Å²) in [7, 11) is 1.48. The second-order valence-electron chi connectivity index (χ2n) is 3.58. The largest absolute Gasteiger partial charge is 0.467 e. The fourth-order valence-corrected chi connectivity index (χ4v) is 1.42. The van der Waals surface area contributed by atoms with Gasteiger partial charge in [0.2, 0.25) is 11.9 Å². The molecule has 0 atom stereocenters. The van der Waals surface area contributed by atoms with Gasteiger partial charge in [0.15, 0.2) is 0 Å². The molecule has 0 radical (unpaired) electrons. The molecule has 8 heteroatoms. The Morgan fingerprint density at radius 2 is 2.28 bits per heavy atom. The lowest BCUT2D eigenvalue weighted by atomic mass is 10.4. The number of nitrogens with one attached hydrogen (secondary N) is 1. The third-order valence-corrected chi connectivity index (χ3v) is 2.25. The molecule has 0 saturated carbocycles. The maximum atomic E-state index is 5.52. The first-order valence-electron chi connectivity index (χ1n) is 5.53. The van der Waals surface area contributed by atoms with Crippen molar-refractivity contribution >= 4 is 11.9 Å². The topological polar surface area (TPSA) is 104 Å². The molecule has 0 aliphatic rings. The summed E-state index contributed by atoms with van der Waals surface area (Å²) < 4.78 is 6.91. The van der Waals surface area contributed by atoms with E-state index in [0.717, 1.165) is 19.5 Å². The number of aryl methyl sites for hydroxylation is 1. The molecule has 3 N–H and O–H groups in total.